The van der Waals surface area contributed by atoms with Gasteiger partial charge in [-0.2, -0.15) is 5.10 Å². The fraction of sp³-hybridized carbons (Fsp3) is 0.303. The highest BCUT2D eigenvalue weighted by atomic mass is 16.5. The van der Waals surface area contributed by atoms with Gasteiger partial charge in [-0.1, -0.05) is 86.1 Å². The molecule has 1 aliphatic carbocycles. The van der Waals surface area contributed by atoms with Crippen LogP contribution in [0.3, 0.4) is 0 Å². The van der Waals surface area contributed by atoms with Crippen LogP contribution >= 0.6 is 0 Å². The maximum Gasteiger partial charge on any atom is 0.340 e. The number of nitrogens with one attached hydrogen (secondary N) is 1. The second kappa shape index (κ2) is 12.6. The molecular formula is C33H35N3O3. The second-order valence-corrected chi connectivity index (χ2v) is 10.1. The second-order valence-electron chi connectivity index (χ2n) is 10.1. The number of ether oxygens (including phenoxy) is 1. The molecule has 5 rings (SSSR count). The average molecular weight is 522 g/mol. The maximum atomic E-state index is 13.6. The summed E-state index contributed by atoms with van der Waals surface area (Å²) in [6.07, 6.45) is 7.14. The number of rotatable bonds is 9. The van der Waals surface area contributed by atoms with Gasteiger partial charge in [-0.05, 0) is 60.6 Å². The minimum Gasteiger partial charge on any atom is -0.452 e. The van der Waals surface area contributed by atoms with Gasteiger partial charge in [0.25, 0.3) is 5.91 Å². The van der Waals surface area contributed by atoms with Crippen molar-refractivity contribution in [2.75, 3.05) is 18.5 Å². The number of carbonyl (C=O) groups is 2. The number of amides is 1. The Kier molecular flexibility index (Phi) is 8.51. The van der Waals surface area contributed by atoms with Gasteiger partial charge in [0.1, 0.15) is 0 Å². The van der Waals surface area contributed by atoms with Crippen LogP contribution in [0.5, 0.6) is 0 Å². The molecule has 0 aromatic heterocycles. The van der Waals surface area contributed by atoms with Gasteiger partial charge < -0.3 is 10.1 Å². The summed E-state index contributed by atoms with van der Waals surface area (Å²) in [5, 5.41) is 9.75. The van der Waals surface area contributed by atoms with Gasteiger partial charge in [-0.25, -0.2) is 9.80 Å². The Hall–Kier alpha value is -4.19. The molecular weight excluding hydrogens is 486 g/mol. The summed E-state index contributed by atoms with van der Waals surface area (Å²) >= 11 is 0. The molecule has 1 N–H and O–H groups in total. The van der Waals surface area contributed by atoms with Crippen molar-refractivity contribution < 1.29 is 14.3 Å². The molecule has 2 atom stereocenters. The van der Waals surface area contributed by atoms with Crippen LogP contribution in [0.15, 0.2) is 95.6 Å². The lowest BCUT2D eigenvalue weighted by Gasteiger charge is -2.29. The number of allylic oxidation sites excluding steroid dienone is 1. The minimum absolute atomic E-state index is 0.0965. The molecule has 3 aromatic carbocycles. The van der Waals surface area contributed by atoms with Crippen LogP contribution in [-0.2, 0) is 9.53 Å². The number of hydrazone groups is 1. The van der Waals surface area contributed by atoms with Crippen LogP contribution in [0.25, 0.3) is 6.08 Å². The van der Waals surface area contributed by atoms with Crippen molar-refractivity contribution in [1.82, 2.24) is 5.01 Å². The molecule has 0 radical (unpaired) electrons. The number of benzene rings is 3. The third-order valence-electron chi connectivity index (χ3n) is 7.36. The molecule has 1 aliphatic heterocycles. The minimum atomic E-state index is -0.520. The first kappa shape index (κ1) is 26.4. The lowest BCUT2D eigenvalue weighted by molar-refractivity contribution is -0.137. The highest BCUT2D eigenvalue weighted by Gasteiger charge is 2.43. The fourth-order valence-corrected chi connectivity index (χ4v) is 5.43. The lowest BCUT2D eigenvalue weighted by Crippen LogP contribution is -2.34. The predicted octanol–water partition coefficient (Wildman–Crippen LogP) is 6.88. The monoisotopic (exact) mass is 521 g/mol. The summed E-state index contributed by atoms with van der Waals surface area (Å²) in [7, 11) is 0. The van der Waals surface area contributed by atoms with Crippen LogP contribution < -0.4 is 5.32 Å². The summed E-state index contributed by atoms with van der Waals surface area (Å²) in [6, 6.07) is 27.3. The fourth-order valence-electron chi connectivity index (χ4n) is 5.43. The summed E-state index contributed by atoms with van der Waals surface area (Å²) in [5.74, 6) is -0.748. The average Bonchev–Trinajstić information content (AvgIpc) is 3.38. The number of unbranched alkanes of at least 4 members (excludes halogenated alkanes) is 1. The zero-order valence-electron chi connectivity index (χ0n) is 22.4. The van der Waals surface area contributed by atoms with E-state index in [0.29, 0.717) is 11.3 Å². The molecule has 39 heavy (non-hydrogen) atoms. The van der Waals surface area contributed by atoms with Gasteiger partial charge in [0.2, 0.25) is 0 Å². The Morgan fingerprint density at radius 2 is 1.72 bits per heavy atom. The van der Waals surface area contributed by atoms with Crippen molar-refractivity contribution in [2.45, 2.75) is 45.1 Å². The van der Waals surface area contributed by atoms with Gasteiger partial charge in [0.15, 0.2) is 6.61 Å². The van der Waals surface area contributed by atoms with E-state index in [9.17, 15) is 9.59 Å². The van der Waals surface area contributed by atoms with Crippen molar-refractivity contribution in [1.29, 1.82) is 0 Å². The Morgan fingerprint density at radius 1 is 1.00 bits per heavy atom. The normalized spacial score (nSPS) is 19.4. The van der Waals surface area contributed by atoms with Gasteiger partial charge in [-0.3, -0.25) is 4.79 Å². The number of carbonyl (C=O) groups excluding carboxylic acids is 2. The van der Waals surface area contributed by atoms with E-state index >= 15 is 0 Å². The van der Waals surface area contributed by atoms with E-state index in [4.69, 9.17) is 9.84 Å². The van der Waals surface area contributed by atoms with Gasteiger partial charge in [0.05, 0.1) is 17.3 Å². The Balaban J connectivity index is 1.37. The van der Waals surface area contributed by atoms with Crippen LogP contribution in [0.2, 0.25) is 0 Å². The zero-order chi connectivity index (χ0) is 27.0. The van der Waals surface area contributed by atoms with E-state index in [2.05, 4.69) is 30.4 Å². The van der Waals surface area contributed by atoms with Crippen LogP contribution in [-0.4, -0.2) is 35.7 Å². The van der Waals surface area contributed by atoms with Gasteiger partial charge in [0, 0.05) is 18.2 Å². The molecule has 0 saturated heterocycles. The molecule has 0 bridgehead atoms. The van der Waals surface area contributed by atoms with E-state index in [0.717, 1.165) is 61.1 Å². The summed E-state index contributed by atoms with van der Waals surface area (Å²) < 4.78 is 5.56. The molecule has 2 aliphatic rings. The van der Waals surface area contributed by atoms with Crippen molar-refractivity contribution in [3.63, 3.8) is 0 Å². The van der Waals surface area contributed by atoms with Gasteiger partial charge in [-0.15, -0.1) is 0 Å². The third kappa shape index (κ3) is 6.11. The Labute approximate surface area is 230 Å². The number of hydrogen-bond donors (Lipinski definition) is 1. The van der Waals surface area contributed by atoms with Crippen LogP contribution in [0, 0.1) is 5.92 Å². The molecule has 3 aromatic rings. The van der Waals surface area contributed by atoms with E-state index < -0.39 is 5.97 Å². The molecule has 0 spiro atoms. The first-order valence-corrected chi connectivity index (χ1v) is 13.9. The standard InChI is InChI=1S/C33H35N3O3/c1-2-3-21-34-29-20-11-10-18-27(29)33(38)39-23-30(37)36-32(25-15-8-5-9-16-25)28-19-12-17-26(31(28)35-36)22-24-13-6-4-7-14-24/h4-11,13-16,18,20,22,28,32,34H,2-3,12,17,19,21,23H2,1H3/b26-22-/t28-,32+/m1/s1. The Morgan fingerprint density at radius 3 is 2.49 bits per heavy atom. The predicted molar refractivity (Wildman–Crippen MR) is 155 cm³/mol. The molecule has 6 nitrogen and oxygen atoms in total. The zero-order valence-corrected chi connectivity index (χ0v) is 22.4. The summed E-state index contributed by atoms with van der Waals surface area (Å²) in [6.45, 7) is 2.52. The summed E-state index contributed by atoms with van der Waals surface area (Å²) in [4.78, 5) is 26.6. The topological polar surface area (TPSA) is 71.0 Å². The number of para-hydroxylation sites is 1. The van der Waals surface area contributed by atoms with Crippen molar-refractivity contribution >= 4 is 29.4 Å². The molecule has 1 fully saturated rings. The Bertz CT molecular complexity index is 1350. The highest BCUT2D eigenvalue weighted by Crippen LogP contribution is 2.44. The number of nitrogens with zero attached hydrogens (tertiary/aromatic N) is 2. The summed E-state index contributed by atoms with van der Waals surface area (Å²) in [5.41, 5.74) is 5.43. The van der Waals surface area contributed by atoms with Crippen LogP contribution in [0.4, 0.5) is 5.69 Å². The number of fused-ring (bicyclic) bond motifs is 1. The molecule has 0 unspecified atom stereocenters. The van der Waals surface area contributed by atoms with E-state index in [1.54, 1.807) is 17.1 Å². The first-order chi connectivity index (χ1) is 19.2. The first-order valence-electron chi connectivity index (χ1n) is 13.9. The van der Waals surface area contributed by atoms with Crippen LogP contribution in [0.1, 0.15) is 66.6 Å². The molecule has 6 heteroatoms. The van der Waals surface area contributed by atoms with E-state index in [1.807, 2.05) is 60.7 Å². The number of anilines is 1. The highest BCUT2D eigenvalue weighted by molar-refractivity contribution is 6.08. The van der Waals surface area contributed by atoms with Crippen molar-refractivity contribution in [3.05, 3.63) is 107 Å². The number of hydrogen-bond acceptors (Lipinski definition) is 5. The lowest BCUT2D eigenvalue weighted by atomic mass is 9.77. The van der Waals surface area contributed by atoms with E-state index in [-0.39, 0.29) is 24.5 Å². The largest absolute Gasteiger partial charge is 0.452 e. The quantitative estimate of drug-likeness (QED) is 0.246. The van der Waals surface area contributed by atoms with E-state index in [1.165, 1.54) is 0 Å². The molecule has 1 heterocycles. The van der Waals surface area contributed by atoms with Crippen molar-refractivity contribution in [2.24, 2.45) is 11.0 Å². The maximum absolute atomic E-state index is 13.6. The SMILES string of the molecule is CCCCNc1ccccc1C(=O)OCC(=O)N1N=C2/C(=C\c3ccccc3)CCC[C@H]2[C@@H]1c1ccccc1. The smallest absolute Gasteiger partial charge is 0.340 e. The molecule has 200 valence electrons. The van der Waals surface area contributed by atoms with Gasteiger partial charge >= 0.3 is 5.97 Å². The number of esters is 1. The third-order valence-corrected chi connectivity index (χ3v) is 7.36. The molecule has 1 amide bonds. The van der Waals surface area contributed by atoms with Crippen molar-refractivity contribution in [3.8, 4) is 0 Å². The molecule has 1 saturated carbocycles.